The van der Waals surface area contributed by atoms with E-state index in [4.69, 9.17) is 28.2 Å². The second-order valence-corrected chi connectivity index (χ2v) is 18.8. The number of imidazole rings is 1. The van der Waals surface area contributed by atoms with Crippen LogP contribution in [-0.4, -0.2) is 132 Å². The third-order valence-corrected chi connectivity index (χ3v) is 13.9. The summed E-state index contributed by atoms with van der Waals surface area (Å²) in [5.41, 5.74) is 0.112. The maximum absolute atomic E-state index is 13.5. The minimum Gasteiger partial charge on any atom is -0.497 e. The smallest absolute Gasteiger partial charge is 0.471 e. The van der Waals surface area contributed by atoms with E-state index in [1.54, 1.807) is 14.2 Å². The molecular weight excluding hydrogens is 935 g/mol. The summed E-state index contributed by atoms with van der Waals surface area (Å²) in [4.78, 5) is 50.7. The van der Waals surface area contributed by atoms with Crippen molar-refractivity contribution in [1.29, 1.82) is 5.26 Å². The summed E-state index contributed by atoms with van der Waals surface area (Å²) in [5, 5.41) is 14.3. The standard InChI is InChI=1S/C48H59F3N9O9P/c1-30(2)60(31(3)4)70(27-12-24-52)69-39-37(28-67-47(32-14-10-9-11-15-32,33-16-20-35(64-7)21-17-33)34-18-22-36(65-8)23-19-34)68-43(40(39)66-26-13-25-53-44(62)48(49,50)51)59-29-54-38-41(59)55-45(56-42(38)61)57-46(63)58(5)6/h9-11,14-23,29-31,37,39-40,43H,12-13,25-28H2,1-8H3,(H,53,62)(H2,55,56,57,61,63)/t37-,39-,40-,43-,70?/m1/s1. The number of H-pyrrole nitrogens is 1. The van der Waals surface area contributed by atoms with E-state index < -0.39 is 62.1 Å². The Hall–Kier alpha value is -6.14. The van der Waals surface area contributed by atoms with Gasteiger partial charge in [-0.05, 0) is 75.1 Å². The molecule has 1 aliphatic rings. The SMILES string of the molecule is COc1ccc(C(OC[C@H]2O[C@@H](n3cnc4c(=O)[nH]c(NC(=O)N(C)C)nc43)[C@H](OCCCNC(=O)C(F)(F)F)[C@@H]2OP(CCC#N)N(C(C)C)C(C)C)(c2ccccc2)c2ccc(OC)cc2)cc1. The van der Waals surface area contributed by atoms with Crippen LogP contribution in [0.4, 0.5) is 23.9 Å². The number of alkyl halides is 3. The number of aromatic nitrogens is 4. The number of nitrogens with zero attached hydrogens (tertiary/aromatic N) is 6. The van der Waals surface area contributed by atoms with Gasteiger partial charge in [0, 0.05) is 51.9 Å². The summed E-state index contributed by atoms with van der Waals surface area (Å²) in [7, 11) is 4.58. The zero-order valence-electron chi connectivity index (χ0n) is 40.2. The molecule has 0 radical (unpaired) electrons. The Morgan fingerprint density at radius 3 is 2.07 bits per heavy atom. The van der Waals surface area contributed by atoms with E-state index in [1.807, 2.05) is 112 Å². The summed E-state index contributed by atoms with van der Waals surface area (Å²) < 4.78 is 82.5. The fourth-order valence-electron chi connectivity index (χ4n) is 8.25. The minimum atomic E-state index is -5.08. The van der Waals surface area contributed by atoms with E-state index in [1.165, 1.54) is 29.9 Å². The van der Waals surface area contributed by atoms with Gasteiger partial charge in [-0.25, -0.2) is 9.78 Å². The van der Waals surface area contributed by atoms with E-state index in [0.717, 1.165) is 16.7 Å². The third kappa shape index (κ3) is 12.2. The van der Waals surface area contributed by atoms with Crippen molar-refractivity contribution < 1.29 is 51.0 Å². The monoisotopic (exact) mass is 993 g/mol. The molecular formula is C48H59F3N9O9P. The van der Waals surface area contributed by atoms with Crippen LogP contribution in [0.15, 0.2) is 90.0 Å². The molecule has 1 aliphatic heterocycles. The topological polar surface area (TPSA) is 207 Å². The lowest BCUT2D eigenvalue weighted by Gasteiger charge is -2.40. The number of urea groups is 1. The molecule has 0 aliphatic carbocycles. The number of rotatable bonds is 22. The molecule has 0 saturated carbocycles. The fraction of sp³-hybridized carbons (Fsp3) is 0.458. The zero-order chi connectivity index (χ0) is 50.8. The van der Waals surface area contributed by atoms with Gasteiger partial charge in [0.2, 0.25) is 5.95 Å². The van der Waals surface area contributed by atoms with Crippen LogP contribution in [0.1, 0.15) is 63.5 Å². The van der Waals surface area contributed by atoms with Crippen molar-refractivity contribution >= 4 is 37.3 Å². The molecule has 0 spiro atoms. The quantitative estimate of drug-likeness (QED) is 0.0354. The number of carbonyl (C=O) groups is 2. The molecule has 3 aromatic carbocycles. The van der Waals surface area contributed by atoms with Crippen LogP contribution < -0.4 is 25.7 Å². The second kappa shape index (κ2) is 23.6. The Balaban J connectivity index is 1.52. The number of aromatic amines is 1. The molecule has 0 bridgehead atoms. The highest BCUT2D eigenvalue weighted by Crippen LogP contribution is 2.51. The summed E-state index contributed by atoms with van der Waals surface area (Å²) in [5.74, 6) is -1.04. The van der Waals surface area contributed by atoms with Crippen LogP contribution in [0.2, 0.25) is 0 Å². The Morgan fingerprint density at radius 2 is 1.53 bits per heavy atom. The van der Waals surface area contributed by atoms with Crippen molar-refractivity contribution in [3.63, 3.8) is 0 Å². The highest BCUT2D eigenvalue weighted by Gasteiger charge is 2.51. The van der Waals surface area contributed by atoms with Crippen molar-refractivity contribution in [1.82, 2.24) is 34.4 Å². The molecule has 1 fully saturated rings. The van der Waals surface area contributed by atoms with Crippen LogP contribution in [0, 0.1) is 11.3 Å². The number of ether oxygens (including phenoxy) is 5. The number of anilines is 1. The van der Waals surface area contributed by atoms with Gasteiger partial charge in [0.1, 0.15) is 43.7 Å². The zero-order valence-corrected chi connectivity index (χ0v) is 41.1. The lowest BCUT2D eigenvalue weighted by atomic mass is 9.80. The summed E-state index contributed by atoms with van der Waals surface area (Å²) >= 11 is 0. The number of carbonyl (C=O) groups excluding carboxylic acids is 2. The first kappa shape index (κ1) is 53.2. The molecule has 6 rings (SSSR count). The first-order valence-electron chi connectivity index (χ1n) is 22.6. The van der Waals surface area contributed by atoms with E-state index in [-0.39, 0.29) is 61.8 Å². The molecule has 22 heteroatoms. The number of hydrogen-bond donors (Lipinski definition) is 3. The van der Waals surface area contributed by atoms with Gasteiger partial charge in [0.15, 0.2) is 17.4 Å². The van der Waals surface area contributed by atoms with Crippen LogP contribution >= 0.6 is 8.30 Å². The van der Waals surface area contributed by atoms with E-state index >= 15 is 0 Å². The van der Waals surface area contributed by atoms with Gasteiger partial charge in [-0.2, -0.15) is 23.4 Å². The Kier molecular flexibility index (Phi) is 18.0. The Labute approximate surface area is 405 Å². The molecule has 3 heterocycles. The summed E-state index contributed by atoms with van der Waals surface area (Å²) in [6.45, 7) is 7.33. The second-order valence-electron chi connectivity index (χ2n) is 17.0. The number of hydrogen-bond acceptors (Lipinski definition) is 13. The molecule has 18 nitrogen and oxygen atoms in total. The van der Waals surface area contributed by atoms with Gasteiger partial charge >= 0.3 is 18.1 Å². The molecule has 376 valence electrons. The lowest BCUT2D eigenvalue weighted by Crippen LogP contribution is -2.43. The van der Waals surface area contributed by atoms with E-state index in [0.29, 0.717) is 17.7 Å². The number of methoxy groups -OCH3 is 2. The van der Waals surface area contributed by atoms with E-state index in [2.05, 4.69) is 31.0 Å². The molecule has 2 aromatic heterocycles. The van der Waals surface area contributed by atoms with Crippen molar-refractivity contribution in [2.24, 2.45) is 0 Å². The number of nitriles is 1. The number of nitrogens with one attached hydrogen (secondary N) is 3. The lowest BCUT2D eigenvalue weighted by molar-refractivity contribution is -0.173. The fourth-order valence-corrected chi connectivity index (χ4v) is 10.6. The third-order valence-electron chi connectivity index (χ3n) is 11.4. The van der Waals surface area contributed by atoms with E-state index in [9.17, 15) is 32.8 Å². The molecule has 3 N–H and O–H groups in total. The normalized spacial score (nSPS) is 17.7. The molecule has 5 aromatic rings. The molecule has 1 saturated heterocycles. The Morgan fingerprint density at radius 1 is 0.929 bits per heavy atom. The summed E-state index contributed by atoms with van der Waals surface area (Å²) in [6.07, 6.45) is -7.68. The van der Waals surface area contributed by atoms with Gasteiger partial charge in [-0.1, -0.05) is 54.6 Å². The average molecular weight is 994 g/mol. The van der Waals surface area contributed by atoms with Gasteiger partial charge in [-0.15, -0.1) is 0 Å². The number of amides is 3. The van der Waals surface area contributed by atoms with Crippen molar-refractivity contribution in [3.8, 4) is 17.6 Å². The van der Waals surface area contributed by atoms with Gasteiger partial charge in [0.05, 0.1) is 33.2 Å². The highest BCUT2D eigenvalue weighted by molar-refractivity contribution is 7.50. The first-order valence-corrected chi connectivity index (χ1v) is 24.0. The van der Waals surface area contributed by atoms with Gasteiger partial charge < -0.3 is 38.4 Å². The summed E-state index contributed by atoms with van der Waals surface area (Å²) in [6, 6.07) is 26.1. The largest absolute Gasteiger partial charge is 0.497 e. The predicted molar refractivity (Wildman–Crippen MR) is 255 cm³/mol. The van der Waals surface area contributed by atoms with Gasteiger partial charge in [-0.3, -0.25) is 29.1 Å². The average Bonchev–Trinajstić information content (AvgIpc) is 3.91. The van der Waals surface area contributed by atoms with Crippen LogP contribution in [-0.2, 0) is 29.1 Å². The molecule has 5 atom stereocenters. The minimum absolute atomic E-state index is 0.00185. The highest BCUT2D eigenvalue weighted by atomic mass is 31.2. The number of halogens is 3. The predicted octanol–water partition coefficient (Wildman–Crippen LogP) is 7.32. The Bertz CT molecular complexity index is 2560. The van der Waals surface area contributed by atoms with Crippen LogP contribution in [0.3, 0.4) is 0 Å². The number of fused-ring (bicyclic) bond motifs is 1. The van der Waals surface area contributed by atoms with Crippen LogP contribution in [0.25, 0.3) is 11.2 Å². The number of benzene rings is 3. The van der Waals surface area contributed by atoms with Gasteiger partial charge in [0.25, 0.3) is 5.56 Å². The van der Waals surface area contributed by atoms with Crippen molar-refractivity contribution in [2.75, 3.05) is 59.6 Å². The maximum atomic E-state index is 13.5. The van der Waals surface area contributed by atoms with Crippen molar-refractivity contribution in [3.05, 3.63) is 112 Å². The van der Waals surface area contributed by atoms with Crippen molar-refractivity contribution in [2.45, 2.75) is 88.9 Å². The molecule has 1 unspecified atom stereocenters. The first-order chi connectivity index (χ1) is 33.4. The molecule has 3 amide bonds. The maximum Gasteiger partial charge on any atom is 0.471 e. The van der Waals surface area contributed by atoms with Crippen LogP contribution in [0.5, 0.6) is 11.5 Å². The molecule has 70 heavy (non-hydrogen) atoms.